The summed E-state index contributed by atoms with van der Waals surface area (Å²) in [5.41, 5.74) is 5.08. The van der Waals surface area contributed by atoms with Crippen LogP contribution in [0.5, 0.6) is 0 Å². The number of aromatic nitrogens is 3. The lowest BCUT2D eigenvalue weighted by Gasteiger charge is -2.30. The van der Waals surface area contributed by atoms with Crippen molar-refractivity contribution in [3.8, 4) is 11.3 Å². The van der Waals surface area contributed by atoms with Crippen molar-refractivity contribution < 1.29 is 0 Å². The summed E-state index contributed by atoms with van der Waals surface area (Å²) in [5.74, 6) is 1.45. The van der Waals surface area contributed by atoms with E-state index in [1.165, 1.54) is 43.1 Å². The van der Waals surface area contributed by atoms with Gasteiger partial charge in [0.2, 0.25) is 0 Å². The normalized spacial score (nSPS) is 19.5. The summed E-state index contributed by atoms with van der Waals surface area (Å²) in [6.07, 6.45) is 9.88. The lowest BCUT2D eigenvalue weighted by Crippen LogP contribution is -2.33. The number of hydrogen-bond acceptors (Lipinski definition) is 6. The number of benzene rings is 1. The average Bonchev–Trinajstić information content (AvgIpc) is 2.83. The van der Waals surface area contributed by atoms with Crippen LogP contribution in [0, 0.1) is 5.92 Å². The van der Waals surface area contributed by atoms with Crippen molar-refractivity contribution in [2.24, 2.45) is 5.92 Å². The molecule has 0 radical (unpaired) electrons. The van der Waals surface area contributed by atoms with Crippen LogP contribution < -0.4 is 20.8 Å². The number of rotatable bonds is 5. The third-order valence-corrected chi connectivity index (χ3v) is 6.90. The summed E-state index contributed by atoms with van der Waals surface area (Å²) in [6, 6.07) is 8.72. The summed E-state index contributed by atoms with van der Waals surface area (Å²) in [7, 11) is 2.92. The molecule has 0 saturated carbocycles. The first-order valence-corrected chi connectivity index (χ1v) is 12.1. The molecule has 162 valence electrons. The van der Waals surface area contributed by atoms with Gasteiger partial charge < -0.3 is 15.5 Å². The van der Waals surface area contributed by atoms with Crippen molar-refractivity contribution in [3.63, 3.8) is 0 Å². The smallest absolute Gasteiger partial charge is 0.154 e. The number of hydrogen-bond donors (Lipinski definition) is 2. The zero-order valence-corrected chi connectivity index (χ0v) is 19.1. The molecular formula is C24H31N6P. The Morgan fingerprint density at radius 1 is 1.06 bits per heavy atom. The van der Waals surface area contributed by atoms with Gasteiger partial charge in [-0.15, -0.1) is 9.24 Å². The highest BCUT2D eigenvalue weighted by Crippen LogP contribution is 2.28. The van der Waals surface area contributed by atoms with Crippen molar-refractivity contribution in [2.45, 2.75) is 32.1 Å². The average molecular weight is 435 g/mol. The molecule has 6 nitrogen and oxygen atoms in total. The second-order valence-electron chi connectivity index (χ2n) is 8.69. The number of fused-ring (bicyclic) bond motifs is 1. The van der Waals surface area contributed by atoms with Gasteiger partial charge in [0.1, 0.15) is 5.52 Å². The number of pyridine rings is 1. The lowest BCUT2D eigenvalue weighted by molar-refractivity contribution is 0.392. The fourth-order valence-corrected chi connectivity index (χ4v) is 5.18. The molecule has 2 atom stereocenters. The second-order valence-corrected chi connectivity index (χ2v) is 9.32. The molecule has 2 saturated heterocycles. The van der Waals surface area contributed by atoms with Crippen LogP contribution in [0.4, 0.5) is 11.5 Å². The fraction of sp³-hybridized carbons (Fsp3) is 0.458. The van der Waals surface area contributed by atoms with Crippen molar-refractivity contribution in [3.05, 3.63) is 36.7 Å². The van der Waals surface area contributed by atoms with Gasteiger partial charge in [0.05, 0.1) is 11.2 Å². The quantitative estimate of drug-likeness (QED) is 0.599. The highest BCUT2D eigenvalue weighted by atomic mass is 31.0. The van der Waals surface area contributed by atoms with E-state index in [1.54, 1.807) is 12.4 Å². The maximum Gasteiger partial charge on any atom is 0.154 e. The molecule has 0 amide bonds. The van der Waals surface area contributed by atoms with Gasteiger partial charge in [-0.05, 0) is 74.6 Å². The van der Waals surface area contributed by atoms with Crippen LogP contribution in [-0.2, 0) is 0 Å². The summed E-state index contributed by atoms with van der Waals surface area (Å²) < 4.78 is 0. The predicted octanol–water partition coefficient (Wildman–Crippen LogP) is 3.59. The minimum atomic E-state index is 0.619. The van der Waals surface area contributed by atoms with Crippen molar-refractivity contribution in [2.75, 3.05) is 42.9 Å². The van der Waals surface area contributed by atoms with E-state index in [0.717, 1.165) is 60.8 Å². The fourth-order valence-electron chi connectivity index (χ4n) is 4.72. The number of nitrogens with one attached hydrogen (secondary N) is 2. The molecule has 1 aromatic carbocycles. The van der Waals surface area contributed by atoms with E-state index < -0.39 is 0 Å². The van der Waals surface area contributed by atoms with Crippen LogP contribution in [0.2, 0.25) is 0 Å². The first kappa shape index (κ1) is 20.6. The molecule has 2 N–H and O–H groups in total. The summed E-state index contributed by atoms with van der Waals surface area (Å²) >= 11 is 0. The van der Waals surface area contributed by atoms with E-state index in [9.17, 15) is 0 Å². The van der Waals surface area contributed by atoms with Gasteiger partial charge in [-0.1, -0.05) is 6.07 Å². The third kappa shape index (κ3) is 4.65. The molecule has 3 aromatic rings. The van der Waals surface area contributed by atoms with Crippen molar-refractivity contribution in [1.29, 1.82) is 0 Å². The monoisotopic (exact) mass is 434 g/mol. The maximum absolute atomic E-state index is 4.98. The van der Waals surface area contributed by atoms with Gasteiger partial charge >= 0.3 is 0 Å². The van der Waals surface area contributed by atoms with E-state index in [0.29, 0.717) is 5.92 Å². The van der Waals surface area contributed by atoms with E-state index in [4.69, 9.17) is 4.98 Å². The molecule has 2 aliphatic heterocycles. The second kappa shape index (κ2) is 9.46. The maximum atomic E-state index is 4.98. The molecule has 5 rings (SSSR count). The van der Waals surface area contributed by atoms with Crippen molar-refractivity contribution >= 4 is 37.1 Å². The Morgan fingerprint density at radius 3 is 2.74 bits per heavy atom. The Morgan fingerprint density at radius 2 is 1.94 bits per heavy atom. The third-order valence-electron chi connectivity index (χ3n) is 6.43. The van der Waals surface area contributed by atoms with Gasteiger partial charge in [-0.25, -0.2) is 9.97 Å². The zero-order chi connectivity index (χ0) is 21.0. The first-order chi connectivity index (χ1) is 15.3. The van der Waals surface area contributed by atoms with Gasteiger partial charge in [0, 0.05) is 43.3 Å². The zero-order valence-electron chi connectivity index (χ0n) is 18.0. The molecule has 1 unspecified atom stereocenters. The van der Waals surface area contributed by atoms with Gasteiger partial charge in [-0.2, -0.15) is 0 Å². The van der Waals surface area contributed by atoms with Crippen LogP contribution in [0.15, 0.2) is 36.7 Å². The van der Waals surface area contributed by atoms with Crippen LogP contribution in [0.1, 0.15) is 32.1 Å². The van der Waals surface area contributed by atoms with Gasteiger partial charge in [0.25, 0.3) is 0 Å². The summed E-state index contributed by atoms with van der Waals surface area (Å²) in [5, 5.41) is 8.29. The Balaban J connectivity index is 1.44. The SMILES string of the molecule is Pc1cc(-c2cc3nccnc3c(NC[C@@H]3CCCNC3)n2)ccc1N1CCCCC1. The standard InChI is InChI=1S/C24H31N6P/c31-22-13-18(6-7-21(22)30-11-2-1-3-12-30)19-14-20-23(27-10-9-26-20)24(29-19)28-16-17-5-4-8-25-15-17/h6-7,9-10,13-14,17,25H,1-5,8,11-12,15-16,31H2,(H,28,29)/t17-/m1/s1. The van der Waals surface area contributed by atoms with E-state index in [2.05, 4.69) is 59.0 Å². The van der Waals surface area contributed by atoms with Gasteiger partial charge in [-0.3, -0.25) is 4.98 Å². The Hall–Kier alpha value is -2.30. The molecule has 2 fully saturated rings. The Kier molecular flexibility index (Phi) is 6.28. The summed E-state index contributed by atoms with van der Waals surface area (Å²) in [4.78, 5) is 16.6. The predicted molar refractivity (Wildman–Crippen MR) is 132 cm³/mol. The van der Waals surface area contributed by atoms with Crippen molar-refractivity contribution in [1.82, 2.24) is 20.3 Å². The lowest BCUT2D eigenvalue weighted by atomic mass is 10.00. The van der Waals surface area contributed by atoms with E-state index in [-0.39, 0.29) is 0 Å². The number of nitrogens with zero attached hydrogens (tertiary/aromatic N) is 4. The molecular weight excluding hydrogens is 403 g/mol. The highest BCUT2D eigenvalue weighted by Gasteiger charge is 2.17. The van der Waals surface area contributed by atoms with Crippen LogP contribution in [-0.4, -0.2) is 47.7 Å². The highest BCUT2D eigenvalue weighted by molar-refractivity contribution is 7.28. The Labute approximate surface area is 186 Å². The molecule has 7 heteroatoms. The molecule has 4 heterocycles. The topological polar surface area (TPSA) is 66.0 Å². The van der Waals surface area contributed by atoms with Crippen LogP contribution in [0.3, 0.4) is 0 Å². The first-order valence-electron chi connectivity index (χ1n) is 11.5. The molecule has 31 heavy (non-hydrogen) atoms. The molecule has 0 aliphatic carbocycles. The number of anilines is 2. The Bertz CT molecular complexity index is 1040. The molecule has 0 spiro atoms. The van der Waals surface area contributed by atoms with Crippen LogP contribution >= 0.6 is 9.24 Å². The minimum absolute atomic E-state index is 0.619. The molecule has 2 aromatic heterocycles. The largest absolute Gasteiger partial charge is 0.371 e. The molecule has 0 bridgehead atoms. The summed E-state index contributed by atoms with van der Waals surface area (Å²) in [6.45, 7) is 5.38. The number of piperidine rings is 2. The van der Waals surface area contributed by atoms with E-state index >= 15 is 0 Å². The van der Waals surface area contributed by atoms with Gasteiger partial charge in [0.15, 0.2) is 5.82 Å². The van der Waals surface area contributed by atoms with E-state index in [1.807, 2.05) is 0 Å². The minimum Gasteiger partial charge on any atom is -0.371 e. The van der Waals surface area contributed by atoms with Crippen LogP contribution in [0.25, 0.3) is 22.3 Å². The molecule has 2 aliphatic rings.